The maximum atomic E-state index is 5.70. The first kappa shape index (κ1) is 20.4. The van der Waals surface area contributed by atoms with Gasteiger partial charge in [0.2, 0.25) is 11.9 Å². The predicted molar refractivity (Wildman–Crippen MR) is 121 cm³/mol. The van der Waals surface area contributed by atoms with E-state index in [0.717, 1.165) is 74.7 Å². The SMILES string of the molecule is CC[C@H]1CN(c2cc(-c3cnc(N)nc3)nc(N3CC4CC3C4)n2)CCN1CCOC. The van der Waals surface area contributed by atoms with Gasteiger partial charge in [0.1, 0.15) is 5.82 Å². The molecule has 2 aromatic heterocycles. The third-order valence-electron chi connectivity index (χ3n) is 7.01. The molecule has 2 N–H and O–H groups in total. The van der Waals surface area contributed by atoms with E-state index in [-0.39, 0.29) is 5.95 Å². The maximum absolute atomic E-state index is 5.70. The van der Waals surface area contributed by atoms with Gasteiger partial charge in [-0.3, -0.25) is 4.90 Å². The van der Waals surface area contributed by atoms with E-state index < -0.39 is 0 Å². The van der Waals surface area contributed by atoms with Crippen molar-refractivity contribution in [2.45, 2.75) is 38.3 Å². The van der Waals surface area contributed by atoms with E-state index in [4.69, 9.17) is 20.4 Å². The Balaban J connectivity index is 1.44. The zero-order chi connectivity index (χ0) is 21.4. The van der Waals surface area contributed by atoms with Crippen LogP contribution in [0.1, 0.15) is 26.2 Å². The molecule has 166 valence electrons. The van der Waals surface area contributed by atoms with Gasteiger partial charge in [0.25, 0.3) is 0 Å². The summed E-state index contributed by atoms with van der Waals surface area (Å²) in [5.41, 5.74) is 7.43. The number of aromatic nitrogens is 4. The van der Waals surface area contributed by atoms with Crippen LogP contribution >= 0.6 is 0 Å². The van der Waals surface area contributed by atoms with Crippen LogP contribution in [0.5, 0.6) is 0 Å². The third kappa shape index (κ3) is 4.04. The number of nitrogens with two attached hydrogens (primary N) is 1. The lowest BCUT2D eigenvalue weighted by Crippen LogP contribution is -2.54. The Hall–Kier alpha value is -2.52. The number of piperazine rings is 1. The number of anilines is 3. The summed E-state index contributed by atoms with van der Waals surface area (Å²) >= 11 is 0. The molecule has 3 saturated heterocycles. The quantitative estimate of drug-likeness (QED) is 0.712. The summed E-state index contributed by atoms with van der Waals surface area (Å²) in [4.78, 5) is 25.6. The van der Waals surface area contributed by atoms with E-state index in [9.17, 15) is 0 Å². The molecule has 2 aromatic rings. The maximum Gasteiger partial charge on any atom is 0.228 e. The molecule has 0 unspecified atom stereocenters. The molecule has 31 heavy (non-hydrogen) atoms. The topological polar surface area (TPSA) is 96.5 Å². The van der Waals surface area contributed by atoms with Crippen LogP contribution in [0.4, 0.5) is 17.7 Å². The summed E-state index contributed by atoms with van der Waals surface area (Å²) in [5.74, 6) is 2.90. The van der Waals surface area contributed by atoms with Crippen molar-refractivity contribution in [2.24, 2.45) is 5.92 Å². The molecule has 2 bridgehead atoms. The van der Waals surface area contributed by atoms with Crippen molar-refractivity contribution in [3.8, 4) is 11.3 Å². The van der Waals surface area contributed by atoms with Gasteiger partial charge in [0.15, 0.2) is 0 Å². The van der Waals surface area contributed by atoms with Crippen LogP contribution in [-0.2, 0) is 4.74 Å². The van der Waals surface area contributed by atoms with Crippen LogP contribution < -0.4 is 15.5 Å². The summed E-state index contributed by atoms with van der Waals surface area (Å²) in [6.45, 7) is 7.98. The Morgan fingerprint density at radius 3 is 2.61 bits per heavy atom. The van der Waals surface area contributed by atoms with E-state index in [0.29, 0.717) is 12.1 Å². The van der Waals surface area contributed by atoms with Crippen LogP contribution in [0.2, 0.25) is 0 Å². The minimum absolute atomic E-state index is 0.275. The Labute approximate surface area is 183 Å². The summed E-state index contributed by atoms with van der Waals surface area (Å²) in [5, 5.41) is 0. The highest BCUT2D eigenvalue weighted by Gasteiger charge is 2.44. The second-order valence-electron chi connectivity index (χ2n) is 8.92. The highest BCUT2D eigenvalue weighted by molar-refractivity contribution is 5.64. The molecule has 5 heterocycles. The van der Waals surface area contributed by atoms with Gasteiger partial charge in [-0.15, -0.1) is 0 Å². The molecular formula is C22H32N8O. The van der Waals surface area contributed by atoms with Gasteiger partial charge < -0.3 is 20.3 Å². The Bertz CT molecular complexity index is 901. The van der Waals surface area contributed by atoms with Crippen molar-refractivity contribution in [3.05, 3.63) is 18.5 Å². The molecule has 1 saturated carbocycles. The summed E-state index contributed by atoms with van der Waals surface area (Å²) < 4.78 is 5.31. The van der Waals surface area contributed by atoms with E-state index >= 15 is 0 Å². The highest BCUT2D eigenvalue weighted by atomic mass is 16.5. The number of nitrogen functional groups attached to an aromatic ring is 1. The van der Waals surface area contributed by atoms with Gasteiger partial charge in [0, 0.05) is 75.9 Å². The lowest BCUT2D eigenvalue weighted by molar-refractivity contribution is 0.109. The first-order chi connectivity index (χ1) is 15.1. The second-order valence-corrected chi connectivity index (χ2v) is 8.92. The molecule has 0 aromatic carbocycles. The van der Waals surface area contributed by atoms with Gasteiger partial charge in [-0.25, -0.2) is 15.0 Å². The van der Waals surface area contributed by atoms with Crippen molar-refractivity contribution in [2.75, 3.05) is 62.0 Å². The Kier molecular flexibility index (Phi) is 5.62. The van der Waals surface area contributed by atoms with E-state index in [1.165, 1.54) is 12.8 Å². The molecule has 4 aliphatic rings. The fourth-order valence-electron chi connectivity index (χ4n) is 5.10. The molecule has 0 amide bonds. The Morgan fingerprint density at radius 1 is 1.13 bits per heavy atom. The number of rotatable bonds is 7. The molecule has 9 nitrogen and oxygen atoms in total. The first-order valence-electron chi connectivity index (χ1n) is 11.4. The molecule has 0 radical (unpaired) electrons. The number of fused-ring (bicyclic) bond motifs is 1. The van der Waals surface area contributed by atoms with Gasteiger partial charge in [0.05, 0.1) is 12.3 Å². The number of nitrogens with zero attached hydrogens (tertiary/aromatic N) is 7. The normalized spacial score (nSPS) is 25.7. The largest absolute Gasteiger partial charge is 0.383 e. The summed E-state index contributed by atoms with van der Waals surface area (Å²) in [7, 11) is 1.77. The molecule has 6 rings (SSSR count). The standard InChI is InChI=1S/C22H32N8O/c1-3-17-14-29(5-4-28(17)6-7-31-2)20-10-19(16-11-24-21(23)25-12-16)26-22(27-20)30-13-15-8-18(30)9-15/h10-12,15,17-18H,3-9,13-14H2,1-2H3,(H2,23,24,25)/t15?,17-,18?/m0/s1. The minimum atomic E-state index is 0.275. The smallest absolute Gasteiger partial charge is 0.228 e. The van der Waals surface area contributed by atoms with Crippen LogP contribution in [0.3, 0.4) is 0 Å². The lowest BCUT2D eigenvalue weighted by Gasteiger charge is -2.41. The number of hydrogen-bond acceptors (Lipinski definition) is 9. The van der Waals surface area contributed by atoms with Crippen molar-refractivity contribution >= 4 is 17.7 Å². The summed E-state index contributed by atoms with van der Waals surface area (Å²) in [6, 6.07) is 3.16. The molecule has 0 spiro atoms. The molecular weight excluding hydrogens is 392 g/mol. The van der Waals surface area contributed by atoms with Gasteiger partial charge in [-0.05, 0) is 25.2 Å². The van der Waals surface area contributed by atoms with Gasteiger partial charge in [-0.2, -0.15) is 4.98 Å². The van der Waals surface area contributed by atoms with E-state index in [2.05, 4.69) is 37.7 Å². The van der Waals surface area contributed by atoms with Crippen molar-refractivity contribution in [3.63, 3.8) is 0 Å². The lowest BCUT2D eigenvalue weighted by atomic mass is 9.86. The number of hydrogen-bond donors (Lipinski definition) is 1. The van der Waals surface area contributed by atoms with Crippen molar-refractivity contribution in [1.29, 1.82) is 0 Å². The van der Waals surface area contributed by atoms with Gasteiger partial charge >= 0.3 is 0 Å². The average Bonchev–Trinajstić information content (AvgIpc) is 3.39. The number of ether oxygens (including phenoxy) is 1. The summed E-state index contributed by atoms with van der Waals surface area (Å²) in [6.07, 6.45) is 7.14. The van der Waals surface area contributed by atoms with Crippen LogP contribution in [0, 0.1) is 5.92 Å². The highest BCUT2D eigenvalue weighted by Crippen LogP contribution is 2.42. The molecule has 4 fully saturated rings. The fourth-order valence-corrected chi connectivity index (χ4v) is 5.10. The van der Waals surface area contributed by atoms with Crippen molar-refractivity contribution in [1.82, 2.24) is 24.8 Å². The van der Waals surface area contributed by atoms with Crippen molar-refractivity contribution < 1.29 is 4.74 Å². The van der Waals surface area contributed by atoms with Gasteiger partial charge in [-0.1, -0.05) is 6.92 Å². The third-order valence-corrected chi connectivity index (χ3v) is 7.01. The molecule has 9 heteroatoms. The zero-order valence-corrected chi connectivity index (χ0v) is 18.4. The predicted octanol–water partition coefficient (Wildman–Crippen LogP) is 1.66. The minimum Gasteiger partial charge on any atom is -0.383 e. The van der Waals surface area contributed by atoms with E-state index in [1.807, 2.05) is 0 Å². The fraction of sp³-hybridized carbons (Fsp3) is 0.636. The monoisotopic (exact) mass is 424 g/mol. The molecule has 1 atom stereocenters. The first-order valence-corrected chi connectivity index (χ1v) is 11.4. The van der Waals surface area contributed by atoms with Crippen LogP contribution in [0.15, 0.2) is 18.5 Å². The zero-order valence-electron chi connectivity index (χ0n) is 18.4. The Morgan fingerprint density at radius 2 is 1.94 bits per heavy atom. The van der Waals surface area contributed by atoms with Crippen LogP contribution in [0.25, 0.3) is 11.3 Å². The molecule has 1 aliphatic carbocycles. The second kappa shape index (κ2) is 8.55. The van der Waals surface area contributed by atoms with E-state index in [1.54, 1.807) is 19.5 Å². The molecule has 3 aliphatic heterocycles. The van der Waals surface area contributed by atoms with Crippen LogP contribution in [-0.4, -0.2) is 83.4 Å². The number of methoxy groups -OCH3 is 1. The average molecular weight is 425 g/mol.